The summed E-state index contributed by atoms with van der Waals surface area (Å²) in [6.07, 6.45) is 0. The summed E-state index contributed by atoms with van der Waals surface area (Å²) in [5.74, 6) is 1.79. The van der Waals surface area contributed by atoms with Crippen LogP contribution in [0, 0.1) is 0 Å². The van der Waals surface area contributed by atoms with Crippen molar-refractivity contribution in [2.24, 2.45) is 0 Å². The molecule has 0 radical (unpaired) electrons. The topological polar surface area (TPSA) is 18.1 Å². The number of nitrogens with zero attached hydrogens (tertiary/aromatic N) is 1. The number of benzene rings is 6. The summed E-state index contributed by atoms with van der Waals surface area (Å²) < 4.78 is 9.14. The minimum Gasteiger partial charge on any atom is -0.455 e. The highest BCUT2D eigenvalue weighted by Gasteiger charge is 2.20. The molecule has 0 aliphatic carbocycles. The Hall–Kier alpha value is -5.34. The summed E-state index contributed by atoms with van der Waals surface area (Å²) in [6.45, 7) is 0. The number of hydrogen-bond donors (Lipinski definition) is 0. The quantitative estimate of drug-likeness (QED) is 0.230. The number of furan rings is 1. The summed E-state index contributed by atoms with van der Waals surface area (Å²) in [5.41, 5.74) is 7.97. The van der Waals surface area contributed by atoms with Gasteiger partial charge < -0.3 is 8.98 Å². The van der Waals surface area contributed by atoms with Crippen LogP contribution in [0.4, 0.5) is 0 Å². The normalized spacial score (nSPS) is 11.5. The Balaban J connectivity index is 1.42. The molecule has 0 saturated heterocycles. The van der Waals surface area contributed by atoms with Crippen molar-refractivity contribution in [1.82, 2.24) is 4.57 Å². The van der Waals surface area contributed by atoms with Crippen molar-refractivity contribution in [2.45, 2.75) is 0 Å². The molecule has 2 heterocycles. The van der Waals surface area contributed by atoms with Gasteiger partial charge in [-0.15, -0.1) is 0 Å². The van der Waals surface area contributed by atoms with Crippen molar-refractivity contribution in [2.75, 3.05) is 0 Å². The Bertz CT molecular complexity index is 2100. The van der Waals surface area contributed by atoms with E-state index in [1.807, 2.05) is 6.07 Å². The predicted octanol–water partition coefficient (Wildman–Crippen LogP) is 10.5. The van der Waals surface area contributed by atoms with Gasteiger partial charge in [0, 0.05) is 38.4 Å². The smallest absolute Gasteiger partial charge is 0.143 e. The van der Waals surface area contributed by atoms with Crippen LogP contribution in [0.15, 0.2) is 156 Å². The zero-order valence-corrected chi connectivity index (χ0v) is 21.8. The number of fused-ring (bicyclic) bond motifs is 4. The van der Waals surface area contributed by atoms with Crippen LogP contribution in [0.3, 0.4) is 0 Å². The molecule has 2 aromatic heterocycles. The van der Waals surface area contributed by atoms with E-state index in [-0.39, 0.29) is 0 Å². The molecule has 6 aromatic carbocycles. The molecular weight excluding hydrogens is 486 g/mol. The molecule has 0 bridgehead atoms. The van der Waals surface area contributed by atoms with Crippen molar-refractivity contribution in [1.29, 1.82) is 0 Å². The standard InChI is InChI=1S/C38H25NO/c1-3-13-26(14-4-1)34-25-28(39-35-21-11-9-17-29(35)30-18-10-12-22-36(30)39)23-24-33(34)38-32-20-8-7-19-31(32)37(40-38)27-15-5-2-6-16-27/h1-25H. The zero-order valence-electron chi connectivity index (χ0n) is 21.8. The van der Waals surface area contributed by atoms with Crippen LogP contribution in [-0.2, 0) is 0 Å². The van der Waals surface area contributed by atoms with Crippen LogP contribution < -0.4 is 0 Å². The highest BCUT2D eigenvalue weighted by Crippen LogP contribution is 2.43. The van der Waals surface area contributed by atoms with Gasteiger partial charge in [-0.3, -0.25) is 0 Å². The second kappa shape index (κ2) is 9.14. The van der Waals surface area contributed by atoms with Crippen molar-refractivity contribution in [3.63, 3.8) is 0 Å². The maximum absolute atomic E-state index is 6.76. The van der Waals surface area contributed by atoms with Gasteiger partial charge in [0.05, 0.1) is 11.0 Å². The summed E-state index contributed by atoms with van der Waals surface area (Å²) in [5, 5.41) is 4.75. The number of para-hydroxylation sites is 2. The summed E-state index contributed by atoms with van der Waals surface area (Å²) >= 11 is 0. The Labute approximate surface area is 232 Å². The number of hydrogen-bond acceptors (Lipinski definition) is 1. The van der Waals surface area contributed by atoms with E-state index in [4.69, 9.17) is 4.42 Å². The minimum absolute atomic E-state index is 0.891. The van der Waals surface area contributed by atoms with Gasteiger partial charge in [0.25, 0.3) is 0 Å². The Morgan fingerprint density at radius 1 is 0.375 bits per heavy atom. The highest BCUT2D eigenvalue weighted by molar-refractivity contribution is 6.09. The fourth-order valence-electron chi connectivity index (χ4n) is 6.02. The van der Waals surface area contributed by atoms with Crippen LogP contribution in [0.1, 0.15) is 0 Å². The lowest BCUT2D eigenvalue weighted by molar-refractivity contribution is 0.602. The molecule has 8 rings (SSSR count). The first-order chi connectivity index (χ1) is 19.9. The summed E-state index contributed by atoms with van der Waals surface area (Å²) in [6, 6.07) is 53.5. The second-order valence-corrected chi connectivity index (χ2v) is 10.1. The molecule has 2 heteroatoms. The molecule has 188 valence electrons. The molecule has 0 spiro atoms. The third-order valence-electron chi connectivity index (χ3n) is 7.83. The van der Waals surface area contributed by atoms with Gasteiger partial charge in [0.15, 0.2) is 0 Å². The predicted molar refractivity (Wildman–Crippen MR) is 167 cm³/mol. The first kappa shape index (κ1) is 22.6. The van der Waals surface area contributed by atoms with Crippen molar-refractivity contribution in [3.05, 3.63) is 152 Å². The minimum atomic E-state index is 0.891. The maximum atomic E-state index is 6.76. The van der Waals surface area contributed by atoms with Crippen LogP contribution in [-0.4, -0.2) is 4.57 Å². The highest BCUT2D eigenvalue weighted by atomic mass is 16.3. The lowest BCUT2D eigenvalue weighted by Crippen LogP contribution is -1.95. The molecule has 2 nitrogen and oxygen atoms in total. The molecule has 0 aliphatic rings. The monoisotopic (exact) mass is 511 g/mol. The van der Waals surface area contributed by atoms with E-state index in [1.54, 1.807) is 0 Å². The lowest BCUT2D eigenvalue weighted by atomic mass is 9.95. The number of aromatic nitrogens is 1. The van der Waals surface area contributed by atoms with Gasteiger partial charge in [-0.1, -0.05) is 121 Å². The number of rotatable bonds is 4. The zero-order chi connectivity index (χ0) is 26.5. The molecule has 0 atom stereocenters. The van der Waals surface area contributed by atoms with E-state index in [2.05, 4.69) is 150 Å². The Morgan fingerprint density at radius 2 is 0.875 bits per heavy atom. The largest absolute Gasteiger partial charge is 0.455 e. The van der Waals surface area contributed by atoms with E-state index in [0.29, 0.717) is 0 Å². The van der Waals surface area contributed by atoms with E-state index in [9.17, 15) is 0 Å². The Morgan fingerprint density at radius 3 is 1.50 bits per heavy atom. The lowest BCUT2D eigenvalue weighted by Gasteiger charge is -2.14. The van der Waals surface area contributed by atoms with E-state index >= 15 is 0 Å². The average Bonchev–Trinajstić information content (AvgIpc) is 3.58. The van der Waals surface area contributed by atoms with E-state index in [1.165, 1.54) is 21.8 Å². The molecule has 0 N–H and O–H groups in total. The first-order valence-corrected chi connectivity index (χ1v) is 13.6. The third-order valence-corrected chi connectivity index (χ3v) is 7.83. The van der Waals surface area contributed by atoms with Crippen molar-refractivity contribution >= 4 is 32.6 Å². The molecular formula is C38H25NO. The van der Waals surface area contributed by atoms with Crippen LogP contribution in [0.2, 0.25) is 0 Å². The summed E-state index contributed by atoms with van der Waals surface area (Å²) in [7, 11) is 0. The molecule has 0 saturated carbocycles. The van der Waals surface area contributed by atoms with Crippen molar-refractivity contribution < 1.29 is 4.42 Å². The van der Waals surface area contributed by atoms with Gasteiger partial charge in [0.1, 0.15) is 11.5 Å². The van der Waals surface area contributed by atoms with Gasteiger partial charge in [-0.2, -0.15) is 0 Å². The van der Waals surface area contributed by atoms with Crippen LogP contribution in [0.25, 0.3) is 72.0 Å². The third kappa shape index (κ3) is 3.50. The van der Waals surface area contributed by atoms with Gasteiger partial charge in [0.2, 0.25) is 0 Å². The van der Waals surface area contributed by atoms with E-state index < -0.39 is 0 Å². The molecule has 0 unspecified atom stereocenters. The average molecular weight is 512 g/mol. The molecule has 0 aliphatic heterocycles. The Kier molecular flexibility index (Phi) is 5.17. The van der Waals surface area contributed by atoms with Gasteiger partial charge in [-0.25, -0.2) is 0 Å². The SMILES string of the molecule is c1ccc(-c2cc(-n3c4ccccc4c4ccccc43)ccc2-c2oc(-c3ccccc3)c3ccccc23)cc1. The fourth-order valence-corrected chi connectivity index (χ4v) is 6.02. The summed E-state index contributed by atoms with van der Waals surface area (Å²) in [4.78, 5) is 0. The fraction of sp³-hybridized carbons (Fsp3) is 0. The second-order valence-electron chi connectivity index (χ2n) is 10.1. The van der Waals surface area contributed by atoms with Crippen LogP contribution >= 0.6 is 0 Å². The van der Waals surface area contributed by atoms with E-state index in [0.717, 1.165) is 50.2 Å². The molecule has 40 heavy (non-hydrogen) atoms. The first-order valence-electron chi connectivity index (χ1n) is 13.6. The molecule has 8 aromatic rings. The van der Waals surface area contributed by atoms with Gasteiger partial charge in [-0.05, 0) is 41.5 Å². The molecule has 0 amide bonds. The van der Waals surface area contributed by atoms with Crippen LogP contribution in [0.5, 0.6) is 0 Å². The molecule has 0 fully saturated rings. The van der Waals surface area contributed by atoms with Crippen molar-refractivity contribution in [3.8, 4) is 39.5 Å². The maximum Gasteiger partial charge on any atom is 0.143 e. The van der Waals surface area contributed by atoms with Gasteiger partial charge >= 0.3 is 0 Å².